The molecule has 0 unspecified atom stereocenters. The molecule has 0 saturated carbocycles. The second kappa shape index (κ2) is 8.22. The van der Waals surface area contributed by atoms with Crippen molar-refractivity contribution >= 4 is 16.8 Å². The number of ether oxygens (including phenoxy) is 1. The lowest BCUT2D eigenvalue weighted by atomic mass is 10.0. The van der Waals surface area contributed by atoms with Gasteiger partial charge in [0.05, 0.1) is 16.5 Å². The van der Waals surface area contributed by atoms with Crippen LogP contribution in [0, 0.1) is 0 Å². The van der Waals surface area contributed by atoms with Crippen molar-refractivity contribution < 1.29 is 32.2 Å². The minimum absolute atomic E-state index is 0.0631. The van der Waals surface area contributed by atoms with Gasteiger partial charge in [0.25, 0.3) is 0 Å². The van der Waals surface area contributed by atoms with Crippen LogP contribution in [0.2, 0.25) is 0 Å². The Bertz CT molecular complexity index is 1350. The lowest BCUT2D eigenvalue weighted by molar-refractivity contribution is -0.137. The zero-order chi connectivity index (χ0) is 22.9. The molecular formula is C24H15F3O5. The number of Topliss-reactive ketones (excluding diaryl/α,β-unsaturated/α-hetero) is 1. The fraction of sp³-hybridized carbons (Fsp3) is 0.0833. The predicted molar refractivity (Wildman–Crippen MR) is 111 cm³/mol. The number of carbonyl (C=O) groups is 1. The SMILES string of the molecule is O=C(COc1ccc2c(=O)c(-c3ccc(O)cc3)coc2c1)c1ccccc1C(F)(F)F. The van der Waals surface area contributed by atoms with Crippen molar-refractivity contribution in [3.63, 3.8) is 0 Å². The Morgan fingerprint density at radius 2 is 1.72 bits per heavy atom. The molecule has 1 heterocycles. The summed E-state index contributed by atoms with van der Waals surface area (Å²) in [5.41, 5.74) is -0.764. The molecule has 3 aromatic carbocycles. The number of fused-ring (bicyclic) bond motifs is 1. The third kappa shape index (κ3) is 4.20. The molecule has 4 aromatic rings. The first-order valence-electron chi connectivity index (χ1n) is 9.41. The Kier molecular flexibility index (Phi) is 5.44. The second-order valence-electron chi connectivity index (χ2n) is 6.94. The van der Waals surface area contributed by atoms with E-state index in [0.29, 0.717) is 11.1 Å². The lowest BCUT2D eigenvalue weighted by Gasteiger charge is -2.12. The molecule has 0 aliphatic heterocycles. The number of ketones is 1. The van der Waals surface area contributed by atoms with E-state index in [1.54, 1.807) is 12.1 Å². The minimum atomic E-state index is -4.66. The molecule has 8 heteroatoms. The van der Waals surface area contributed by atoms with Crippen molar-refractivity contribution in [3.8, 4) is 22.6 Å². The molecule has 0 atom stereocenters. The van der Waals surface area contributed by atoms with E-state index in [2.05, 4.69) is 0 Å². The van der Waals surface area contributed by atoms with E-state index in [9.17, 15) is 27.9 Å². The maximum absolute atomic E-state index is 13.1. The number of benzene rings is 3. The highest BCUT2D eigenvalue weighted by Gasteiger charge is 2.34. The molecule has 0 saturated heterocycles. The quantitative estimate of drug-likeness (QED) is 0.418. The summed E-state index contributed by atoms with van der Waals surface area (Å²) in [7, 11) is 0. The molecule has 0 aliphatic rings. The van der Waals surface area contributed by atoms with Crippen LogP contribution >= 0.6 is 0 Å². The number of phenolic OH excluding ortho intramolecular Hbond substituents is 1. The lowest BCUT2D eigenvalue weighted by Crippen LogP contribution is -2.18. The number of phenols is 1. The Morgan fingerprint density at radius 3 is 2.44 bits per heavy atom. The van der Waals surface area contributed by atoms with Gasteiger partial charge in [0.2, 0.25) is 5.78 Å². The minimum Gasteiger partial charge on any atom is -0.508 e. The number of carbonyl (C=O) groups excluding carboxylic acids is 1. The topological polar surface area (TPSA) is 76.7 Å². The van der Waals surface area contributed by atoms with Gasteiger partial charge in [0.1, 0.15) is 23.3 Å². The molecule has 0 fully saturated rings. The van der Waals surface area contributed by atoms with Crippen molar-refractivity contribution in [1.82, 2.24) is 0 Å². The molecule has 32 heavy (non-hydrogen) atoms. The van der Waals surface area contributed by atoms with Crippen LogP contribution in [-0.2, 0) is 6.18 Å². The molecule has 0 spiro atoms. The highest BCUT2D eigenvalue weighted by Crippen LogP contribution is 2.32. The molecule has 0 bridgehead atoms. The van der Waals surface area contributed by atoms with E-state index in [1.807, 2.05) is 0 Å². The Labute approximate surface area is 179 Å². The highest BCUT2D eigenvalue weighted by atomic mass is 19.4. The Balaban J connectivity index is 1.57. The number of hydrogen-bond donors (Lipinski definition) is 1. The van der Waals surface area contributed by atoms with Gasteiger partial charge in [-0.15, -0.1) is 0 Å². The largest absolute Gasteiger partial charge is 0.508 e. The number of alkyl halides is 3. The van der Waals surface area contributed by atoms with Crippen molar-refractivity contribution in [2.45, 2.75) is 6.18 Å². The second-order valence-corrected chi connectivity index (χ2v) is 6.94. The first-order chi connectivity index (χ1) is 15.2. The monoisotopic (exact) mass is 440 g/mol. The highest BCUT2D eigenvalue weighted by molar-refractivity contribution is 5.98. The summed E-state index contributed by atoms with van der Waals surface area (Å²) in [5, 5.41) is 9.66. The van der Waals surface area contributed by atoms with Crippen molar-refractivity contribution in [2.24, 2.45) is 0 Å². The Hall–Kier alpha value is -4.07. The molecule has 0 aliphatic carbocycles. The van der Waals surface area contributed by atoms with E-state index in [4.69, 9.17) is 9.15 Å². The number of halogens is 3. The van der Waals surface area contributed by atoms with Gasteiger partial charge >= 0.3 is 6.18 Å². The van der Waals surface area contributed by atoms with Crippen LogP contribution in [0.1, 0.15) is 15.9 Å². The van der Waals surface area contributed by atoms with E-state index in [0.717, 1.165) is 12.1 Å². The number of hydrogen-bond acceptors (Lipinski definition) is 5. The van der Waals surface area contributed by atoms with Gasteiger partial charge < -0.3 is 14.3 Å². The summed E-state index contributed by atoms with van der Waals surface area (Å²) in [5.74, 6) is -0.605. The van der Waals surface area contributed by atoms with E-state index < -0.39 is 29.7 Å². The number of rotatable bonds is 5. The summed E-state index contributed by atoms with van der Waals surface area (Å²) in [6.07, 6.45) is -3.39. The molecule has 5 nitrogen and oxygen atoms in total. The molecular weight excluding hydrogens is 425 g/mol. The van der Waals surface area contributed by atoms with Crippen molar-refractivity contribution in [3.05, 3.63) is 94.3 Å². The maximum Gasteiger partial charge on any atom is 0.417 e. The van der Waals surface area contributed by atoms with E-state index in [1.165, 1.54) is 48.7 Å². The van der Waals surface area contributed by atoms with Crippen LogP contribution in [0.5, 0.6) is 11.5 Å². The van der Waals surface area contributed by atoms with E-state index >= 15 is 0 Å². The summed E-state index contributed by atoms with van der Waals surface area (Å²) < 4.78 is 50.2. The van der Waals surface area contributed by atoms with Gasteiger partial charge in [0, 0.05) is 11.6 Å². The third-order valence-corrected chi connectivity index (χ3v) is 4.83. The molecule has 4 rings (SSSR count). The first kappa shape index (κ1) is 21.2. The van der Waals surface area contributed by atoms with Gasteiger partial charge in [0.15, 0.2) is 12.0 Å². The van der Waals surface area contributed by atoms with Crippen LogP contribution in [-0.4, -0.2) is 17.5 Å². The predicted octanol–water partition coefficient (Wildman–Crippen LogP) is 5.45. The average Bonchev–Trinajstić information content (AvgIpc) is 2.78. The van der Waals surface area contributed by atoms with Crippen LogP contribution in [0.4, 0.5) is 13.2 Å². The molecule has 0 amide bonds. The standard InChI is InChI=1S/C24H15F3O5/c25-24(26,27)20-4-2-1-3-17(20)21(29)13-31-16-9-10-18-22(11-16)32-12-19(23(18)30)14-5-7-15(28)8-6-14/h1-12,28H,13H2. The summed E-state index contributed by atoms with van der Waals surface area (Å²) >= 11 is 0. The fourth-order valence-corrected chi connectivity index (χ4v) is 3.24. The zero-order valence-electron chi connectivity index (χ0n) is 16.3. The zero-order valence-corrected chi connectivity index (χ0v) is 16.3. The summed E-state index contributed by atoms with van der Waals surface area (Å²) in [6.45, 7) is -0.617. The molecule has 0 radical (unpaired) electrons. The van der Waals surface area contributed by atoms with Crippen LogP contribution < -0.4 is 10.2 Å². The first-order valence-corrected chi connectivity index (χ1v) is 9.41. The fourth-order valence-electron chi connectivity index (χ4n) is 3.24. The smallest absolute Gasteiger partial charge is 0.417 e. The summed E-state index contributed by atoms with van der Waals surface area (Å²) in [4.78, 5) is 25.1. The van der Waals surface area contributed by atoms with Gasteiger partial charge in [-0.05, 0) is 35.9 Å². The van der Waals surface area contributed by atoms with E-state index in [-0.39, 0.29) is 27.9 Å². The van der Waals surface area contributed by atoms with Crippen LogP contribution in [0.3, 0.4) is 0 Å². The normalized spacial score (nSPS) is 11.5. The third-order valence-electron chi connectivity index (χ3n) is 4.83. The van der Waals surface area contributed by atoms with Crippen LogP contribution in [0.15, 0.2) is 82.2 Å². The molecule has 1 N–H and O–H groups in total. The Morgan fingerprint density at radius 1 is 1.00 bits per heavy atom. The van der Waals surface area contributed by atoms with Crippen LogP contribution in [0.25, 0.3) is 22.1 Å². The maximum atomic E-state index is 13.1. The van der Waals surface area contributed by atoms with Gasteiger partial charge in [-0.2, -0.15) is 13.2 Å². The van der Waals surface area contributed by atoms with Gasteiger partial charge in [-0.3, -0.25) is 9.59 Å². The van der Waals surface area contributed by atoms with Gasteiger partial charge in [-0.25, -0.2) is 0 Å². The summed E-state index contributed by atoms with van der Waals surface area (Å²) in [6, 6.07) is 14.8. The van der Waals surface area contributed by atoms with Crippen molar-refractivity contribution in [2.75, 3.05) is 6.61 Å². The molecule has 1 aromatic heterocycles. The number of aromatic hydroxyl groups is 1. The molecule has 162 valence electrons. The average molecular weight is 440 g/mol. The van der Waals surface area contributed by atoms with Gasteiger partial charge in [-0.1, -0.05) is 30.3 Å². The van der Waals surface area contributed by atoms with Crippen molar-refractivity contribution in [1.29, 1.82) is 0 Å².